The third-order valence-corrected chi connectivity index (χ3v) is 2.79. The zero-order chi connectivity index (χ0) is 9.90. The lowest BCUT2D eigenvalue weighted by Gasteiger charge is -2.39. The van der Waals surface area contributed by atoms with Gasteiger partial charge in [-0.1, -0.05) is 20.8 Å². The molecule has 0 aliphatic carbocycles. The Morgan fingerprint density at radius 1 is 1.54 bits per heavy atom. The lowest BCUT2D eigenvalue weighted by Crippen LogP contribution is -2.50. The van der Waals surface area contributed by atoms with Crippen LogP contribution in [0.25, 0.3) is 0 Å². The van der Waals surface area contributed by atoms with Crippen LogP contribution in [0.3, 0.4) is 0 Å². The van der Waals surface area contributed by atoms with Crippen LogP contribution in [0.4, 0.5) is 0 Å². The third kappa shape index (κ3) is 2.42. The summed E-state index contributed by atoms with van der Waals surface area (Å²) in [6.07, 6.45) is 0.986. The van der Waals surface area contributed by atoms with Crippen molar-refractivity contribution in [2.45, 2.75) is 38.9 Å². The van der Waals surface area contributed by atoms with E-state index in [1.165, 1.54) is 0 Å². The molecule has 0 bridgehead atoms. The van der Waals surface area contributed by atoms with Crippen LogP contribution in [0.5, 0.6) is 0 Å². The standard InChI is InChI=1S/C10H20O3/c1-4-10(6-11)7-12-9(5-13-10)8(2)3/h8-9,11H,4-7H2,1-3H3. The highest BCUT2D eigenvalue weighted by atomic mass is 16.6. The summed E-state index contributed by atoms with van der Waals surface area (Å²) < 4.78 is 11.3. The van der Waals surface area contributed by atoms with Crippen molar-refractivity contribution in [1.82, 2.24) is 0 Å². The number of aliphatic hydroxyl groups excluding tert-OH is 1. The van der Waals surface area contributed by atoms with Gasteiger partial charge in [-0.25, -0.2) is 0 Å². The summed E-state index contributed by atoms with van der Waals surface area (Å²) >= 11 is 0. The number of hydrogen-bond donors (Lipinski definition) is 1. The maximum absolute atomic E-state index is 9.16. The van der Waals surface area contributed by atoms with Crippen LogP contribution < -0.4 is 0 Å². The minimum atomic E-state index is -0.439. The van der Waals surface area contributed by atoms with Gasteiger partial charge in [-0.05, 0) is 12.3 Å². The van der Waals surface area contributed by atoms with E-state index in [0.29, 0.717) is 19.1 Å². The molecule has 1 N–H and O–H groups in total. The maximum atomic E-state index is 9.16. The van der Waals surface area contributed by atoms with E-state index < -0.39 is 5.60 Å². The molecule has 1 heterocycles. The summed E-state index contributed by atoms with van der Waals surface area (Å²) in [7, 11) is 0. The smallest absolute Gasteiger partial charge is 0.114 e. The fourth-order valence-corrected chi connectivity index (χ4v) is 1.40. The maximum Gasteiger partial charge on any atom is 0.114 e. The van der Waals surface area contributed by atoms with Crippen LogP contribution >= 0.6 is 0 Å². The van der Waals surface area contributed by atoms with Crippen molar-refractivity contribution in [1.29, 1.82) is 0 Å². The minimum Gasteiger partial charge on any atom is -0.393 e. The third-order valence-electron chi connectivity index (χ3n) is 2.79. The highest BCUT2D eigenvalue weighted by Crippen LogP contribution is 2.24. The molecule has 0 aromatic carbocycles. The average Bonchev–Trinajstić information content (AvgIpc) is 2.18. The first kappa shape index (κ1) is 11.0. The van der Waals surface area contributed by atoms with Crippen LogP contribution in [-0.2, 0) is 9.47 Å². The summed E-state index contributed by atoms with van der Waals surface area (Å²) in [5.74, 6) is 0.480. The lowest BCUT2D eigenvalue weighted by molar-refractivity contribution is -0.214. The minimum absolute atomic E-state index is 0.0499. The highest BCUT2D eigenvalue weighted by molar-refractivity contribution is 4.83. The second-order valence-electron chi connectivity index (χ2n) is 4.10. The van der Waals surface area contributed by atoms with Crippen LogP contribution in [-0.4, -0.2) is 36.6 Å². The van der Waals surface area contributed by atoms with E-state index in [2.05, 4.69) is 13.8 Å². The Hall–Kier alpha value is -0.120. The molecule has 1 rings (SSSR count). The zero-order valence-electron chi connectivity index (χ0n) is 8.75. The van der Waals surface area contributed by atoms with E-state index in [1.54, 1.807) is 0 Å². The second kappa shape index (κ2) is 4.40. The van der Waals surface area contributed by atoms with Crippen molar-refractivity contribution in [2.75, 3.05) is 19.8 Å². The zero-order valence-corrected chi connectivity index (χ0v) is 8.75. The Morgan fingerprint density at radius 2 is 2.23 bits per heavy atom. The topological polar surface area (TPSA) is 38.7 Å². The largest absolute Gasteiger partial charge is 0.393 e. The Bertz CT molecular complexity index is 142. The Labute approximate surface area is 80.0 Å². The Morgan fingerprint density at radius 3 is 2.54 bits per heavy atom. The SMILES string of the molecule is CCC1(CO)COC(C(C)C)CO1. The number of rotatable bonds is 3. The van der Waals surface area contributed by atoms with Gasteiger partial charge in [0.2, 0.25) is 0 Å². The van der Waals surface area contributed by atoms with Crippen molar-refractivity contribution in [3.8, 4) is 0 Å². The highest BCUT2D eigenvalue weighted by Gasteiger charge is 2.35. The Kier molecular flexibility index (Phi) is 3.71. The van der Waals surface area contributed by atoms with Crippen molar-refractivity contribution < 1.29 is 14.6 Å². The number of aliphatic hydroxyl groups is 1. The van der Waals surface area contributed by atoms with E-state index in [9.17, 15) is 0 Å². The van der Waals surface area contributed by atoms with Crippen LogP contribution in [0.15, 0.2) is 0 Å². The molecule has 1 saturated heterocycles. The quantitative estimate of drug-likeness (QED) is 0.723. The predicted octanol–water partition coefficient (Wildman–Crippen LogP) is 1.20. The molecular formula is C10H20O3. The molecule has 0 saturated carbocycles. The molecule has 1 aliphatic rings. The van der Waals surface area contributed by atoms with Gasteiger partial charge < -0.3 is 14.6 Å². The molecule has 0 aromatic rings. The van der Waals surface area contributed by atoms with Crippen LogP contribution in [0, 0.1) is 5.92 Å². The van der Waals surface area contributed by atoms with Gasteiger partial charge in [0.15, 0.2) is 0 Å². The lowest BCUT2D eigenvalue weighted by atomic mass is 9.99. The van der Waals surface area contributed by atoms with Crippen molar-refractivity contribution in [2.24, 2.45) is 5.92 Å². The summed E-state index contributed by atoms with van der Waals surface area (Å²) in [6, 6.07) is 0. The molecule has 2 atom stereocenters. The number of ether oxygens (including phenoxy) is 2. The fourth-order valence-electron chi connectivity index (χ4n) is 1.40. The number of hydrogen-bond acceptors (Lipinski definition) is 3. The molecule has 3 nitrogen and oxygen atoms in total. The van der Waals surface area contributed by atoms with Crippen molar-refractivity contribution in [3.63, 3.8) is 0 Å². The van der Waals surface area contributed by atoms with Gasteiger partial charge in [0.05, 0.1) is 25.9 Å². The van der Waals surface area contributed by atoms with E-state index in [0.717, 1.165) is 6.42 Å². The van der Waals surface area contributed by atoms with Gasteiger partial charge in [-0.3, -0.25) is 0 Å². The van der Waals surface area contributed by atoms with Gasteiger partial charge in [0.25, 0.3) is 0 Å². The normalized spacial score (nSPS) is 35.3. The molecule has 78 valence electrons. The second-order valence-corrected chi connectivity index (χ2v) is 4.10. The van der Waals surface area contributed by atoms with Crippen molar-refractivity contribution >= 4 is 0 Å². The first-order valence-electron chi connectivity index (χ1n) is 5.00. The molecule has 3 heteroatoms. The van der Waals surface area contributed by atoms with Gasteiger partial charge >= 0.3 is 0 Å². The predicted molar refractivity (Wildman–Crippen MR) is 50.6 cm³/mol. The van der Waals surface area contributed by atoms with E-state index >= 15 is 0 Å². The van der Waals surface area contributed by atoms with E-state index in [4.69, 9.17) is 14.6 Å². The average molecular weight is 188 g/mol. The first-order valence-corrected chi connectivity index (χ1v) is 5.00. The molecule has 2 unspecified atom stereocenters. The summed E-state index contributed by atoms with van der Waals surface area (Å²) in [5, 5.41) is 9.16. The summed E-state index contributed by atoms with van der Waals surface area (Å²) in [4.78, 5) is 0. The Balaban J connectivity index is 2.45. The molecule has 0 radical (unpaired) electrons. The van der Waals surface area contributed by atoms with E-state index in [-0.39, 0.29) is 12.7 Å². The van der Waals surface area contributed by atoms with Crippen LogP contribution in [0.1, 0.15) is 27.2 Å². The monoisotopic (exact) mass is 188 g/mol. The van der Waals surface area contributed by atoms with E-state index in [1.807, 2.05) is 6.92 Å². The van der Waals surface area contributed by atoms with Gasteiger partial charge in [0, 0.05) is 0 Å². The molecule has 13 heavy (non-hydrogen) atoms. The van der Waals surface area contributed by atoms with Gasteiger partial charge in [-0.15, -0.1) is 0 Å². The first-order chi connectivity index (χ1) is 6.13. The molecule has 0 spiro atoms. The molecule has 1 fully saturated rings. The molecule has 0 aromatic heterocycles. The van der Waals surface area contributed by atoms with Crippen LogP contribution in [0.2, 0.25) is 0 Å². The van der Waals surface area contributed by atoms with Crippen molar-refractivity contribution in [3.05, 3.63) is 0 Å². The molecule has 1 aliphatic heterocycles. The van der Waals surface area contributed by atoms with Gasteiger partial charge in [-0.2, -0.15) is 0 Å². The molecule has 0 amide bonds. The summed E-state index contributed by atoms with van der Waals surface area (Å²) in [5.41, 5.74) is -0.439. The van der Waals surface area contributed by atoms with Gasteiger partial charge in [0.1, 0.15) is 5.60 Å². The summed E-state index contributed by atoms with van der Waals surface area (Å²) in [6.45, 7) is 7.41. The fraction of sp³-hybridized carbons (Fsp3) is 1.00. The molecular weight excluding hydrogens is 168 g/mol.